The average Bonchev–Trinajstić information content (AvgIpc) is 2.44. The van der Waals surface area contributed by atoms with Crippen LogP contribution in [0.3, 0.4) is 0 Å². The zero-order valence-electron chi connectivity index (χ0n) is 9.63. The molecule has 0 fully saturated rings. The number of ether oxygens (including phenoxy) is 1. The summed E-state index contributed by atoms with van der Waals surface area (Å²) in [5.74, 6) is 1.31. The maximum absolute atomic E-state index is 11.9. The van der Waals surface area contributed by atoms with Crippen LogP contribution in [0.2, 0.25) is 0 Å². The van der Waals surface area contributed by atoms with Crippen molar-refractivity contribution in [1.29, 1.82) is 0 Å². The highest BCUT2D eigenvalue weighted by molar-refractivity contribution is 6.06. The fraction of sp³-hybridized carbons (Fsp3) is 0.462. The van der Waals surface area contributed by atoms with Gasteiger partial charge >= 0.3 is 0 Å². The summed E-state index contributed by atoms with van der Waals surface area (Å²) >= 11 is 0. The second-order valence-electron chi connectivity index (χ2n) is 4.45. The number of ketones is 1. The normalized spacial score (nSPS) is 19.3. The van der Waals surface area contributed by atoms with Gasteiger partial charge in [-0.2, -0.15) is 0 Å². The van der Waals surface area contributed by atoms with Gasteiger partial charge in [0.25, 0.3) is 0 Å². The molecule has 0 bridgehead atoms. The molecular weight excluding hydrogens is 188 g/mol. The third-order valence-corrected chi connectivity index (χ3v) is 2.93. The molecule has 1 atom stereocenters. The van der Waals surface area contributed by atoms with Crippen LogP contribution in [-0.4, -0.2) is 11.9 Å². The Bertz CT molecular complexity index is 419. The van der Waals surface area contributed by atoms with Crippen LogP contribution in [0.4, 0.5) is 0 Å². The third kappa shape index (κ3) is 1.44. The number of rotatable bonds is 1. The van der Waals surface area contributed by atoms with Gasteiger partial charge < -0.3 is 4.74 Å². The highest BCUT2D eigenvalue weighted by Gasteiger charge is 2.32. The average molecular weight is 204 g/mol. The molecule has 2 nitrogen and oxygen atoms in total. The topological polar surface area (TPSA) is 26.3 Å². The smallest absolute Gasteiger partial charge is 0.206 e. The first-order chi connectivity index (χ1) is 7.02. The van der Waals surface area contributed by atoms with Crippen LogP contribution in [-0.2, 0) is 0 Å². The number of aryl methyl sites for hydroxylation is 1. The molecule has 0 aliphatic carbocycles. The Morgan fingerprint density at radius 2 is 2.00 bits per heavy atom. The predicted molar refractivity (Wildman–Crippen MR) is 59.7 cm³/mol. The van der Waals surface area contributed by atoms with Crippen LogP contribution >= 0.6 is 0 Å². The van der Waals surface area contributed by atoms with Crippen molar-refractivity contribution in [3.05, 3.63) is 28.8 Å². The number of Topliss-reactive ketones (excluding diaryl/α,β-unsaturated/α-hetero) is 1. The van der Waals surface area contributed by atoms with E-state index in [1.165, 1.54) is 0 Å². The van der Waals surface area contributed by atoms with Gasteiger partial charge in [-0.05, 0) is 30.9 Å². The van der Waals surface area contributed by atoms with E-state index in [1.54, 1.807) is 0 Å². The Morgan fingerprint density at radius 3 is 2.60 bits per heavy atom. The molecule has 0 saturated heterocycles. The van der Waals surface area contributed by atoms with Gasteiger partial charge in [-0.25, -0.2) is 0 Å². The van der Waals surface area contributed by atoms with E-state index in [1.807, 2.05) is 19.9 Å². The number of hydrogen-bond donors (Lipinski definition) is 0. The minimum Gasteiger partial charge on any atom is -0.481 e. The molecule has 80 valence electrons. The lowest BCUT2D eigenvalue weighted by atomic mass is 9.95. The molecule has 1 unspecified atom stereocenters. The van der Waals surface area contributed by atoms with Gasteiger partial charge in [-0.15, -0.1) is 0 Å². The minimum atomic E-state index is -0.321. The lowest BCUT2D eigenvalue weighted by Crippen LogP contribution is -2.15. The van der Waals surface area contributed by atoms with Crippen LogP contribution < -0.4 is 4.74 Å². The summed E-state index contributed by atoms with van der Waals surface area (Å²) in [4.78, 5) is 11.9. The summed E-state index contributed by atoms with van der Waals surface area (Å²) in [6.07, 6.45) is -0.321. The quantitative estimate of drug-likeness (QED) is 0.702. The zero-order chi connectivity index (χ0) is 11.2. The fourth-order valence-corrected chi connectivity index (χ4v) is 2.02. The molecule has 0 saturated carbocycles. The van der Waals surface area contributed by atoms with Crippen LogP contribution in [0.15, 0.2) is 12.1 Å². The third-order valence-electron chi connectivity index (χ3n) is 2.93. The van der Waals surface area contributed by atoms with E-state index in [0.29, 0.717) is 5.92 Å². The Kier molecular flexibility index (Phi) is 2.29. The molecule has 1 aliphatic heterocycles. The Hall–Kier alpha value is -1.31. The Balaban J connectivity index is 2.64. The van der Waals surface area contributed by atoms with Crippen LogP contribution in [0, 0.1) is 6.92 Å². The largest absolute Gasteiger partial charge is 0.481 e. The molecule has 1 aromatic rings. The first-order valence-corrected chi connectivity index (χ1v) is 5.36. The number of fused-ring (bicyclic) bond motifs is 1. The first-order valence-electron chi connectivity index (χ1n) is 5.36. The molecule has 15 heavy (non-hydrogen) atoms. The summed E-state index contributed by atoms with van der Waals surface area (Å²) in [5, 5.41) is 0. The molecule has 1 aromatic carbocycles. The number of hydrogen-bond acceptors (Lipinski definition) is 2. The summed E-state index contributed by atoms with van der Waals surface area (Å²) in [7, 11) is 0. The number of carbonyl (C=O) groups is 1. The fourth-order valence-electron chi connectivity index (χ4n) is 2.02. The maximum Gasteiger partial charge on any atom is 0.206 e. The van der Waals surface area contributed by atoms with Crippen molar-refractivity contribution >= 4 is 5.78 Å². The Labute approximate surface area is 90.3 Å². The second kappa shape index (κ2) is 3.37. The standard InChI is InChI=1S/C13H16O2/c1-7(2)10-6-5-8(3)11-12(14)9(4)15-13(10)11/h5-7,9H,1-4H3. The van der Waals surface area contributed by atoms with Crippen LogP contribution in [0.5, 0.6) is 5.75 Å². The van der Waals surface area contributed by atoms with E-state index in [4.69, 9.17) is 4.74 Å². The van der Waals surface area contributed by atoms with Crippen molar-refractivity contribution in [1.82, 2.24) is 0 Å². The van der Waals surface area contributed by atoms with Crippen molar-refractivity contribution < 1.29 is 9.53 Å². The van der Waals surface area contributed by atoms with E-state index < -0.39 is 0 Å². The molecule has 0 radical (unpaired) electrons. The van der Waals surface area contributed by atoms with Gasteiger partial charge in [0.1, 0.15) is 5.75 Å². The summed E-state index contributed by atoms with van der Waals surface area (Å²) < 4.78 is 5.64. The molecular formula is C13H16O2. The molecule has 0 aromatic heterocycles. The molecule has 1 aliphatic rings. The molecule has 0 N–H and O–H groups in total. The predicted octanol–water partition coefficient (Wildman–Crippen LogP) is 3.08. The highest BCUT2D eigenvalue weighted by atomic mass is 16.5. The van der Waals surface area contributed by atoms with E-state index >= 15 is 0 Å². The van der Waals surface area contributed by atoms with Gasteiger partial charge in [0.15, 0.2) is 6.10 Å². The minimum absolute atomic E-state index is 0.116. The number of carbonyl (C=O) groups excluding carboxylic acids is 1. The van der Waals surface area contributed by atoms with Crippen molar-refractivity contribution in [2.24, 2.45) is 0 Å². The van der Waals surface area contributed by atoms with Crippen molar-refractivity contribution in [3.63, 3.8) is 0 Å². The SMILES string of the molecule is Cc1ccc(C(C)C)c2c1C(=O)C(C)O2. The highest BCUT2D eigenvalue weighted by Crippen LogP contribution is 2.38. The van der Waals surface area contributed by atoms with Gasteiger partial charge in [-0.1, -0.05) is 26.0 Å². The maximum atomic E-state index is 11.9. The van der Waals surface area contributed by atoms with E-state index in [0.717, 1.165) is 22.4 Å². The van der Waals surface area contributed by atoms with Gasteiger partial charge in [0.2, 0.25) is 5.78 Å². The summed E-state index contributed by atoms with van der Waals surface area (Å²) in [6, 6.07) is 4.07. The second-order valence-corrected chi connectivity index (χ2v) is 4.45. The lowest BCUT2D eigenvalue weighted by molar-refractivity contribution is 0.0877. The lowest BCUT2D eigenvalue weighted by Gasteiger charge is -2.12. The number of benzene rings is 1. The van der Waals surface area contributed by atoms with Gasteiger partial charge in [0.05, 0.1) is 5.56 Å². The molecule has 0 amide bonds. The van der Waals surface area contributed by atoms with Crippen molar-refractivity contribution in [2.75, 3.05) is 0 Å². The van der Waals surface area contributed by atoms with Gasteiger partial charge in [-0.3, -0.25) is 4.79 Å². The van der Waals surface area contributed by atoms with Crippen molar-refractivity contribution in [3.8, 4) is 5.75 Å². The summed E-state index contributed by atoms with van der Waals surface area (Å²) in [6.45, 7) is 8.00. The summed E-state index contributed by atoms with van der Waals surface area (Å²) in [5.41, 5.74) is 2.94. The van der Waals surface area contributed by atoms with E-state index in [2.05, 4.69) is 19.9 Å². The molecule has 0 spiro atoms. The van der Waals surface area contributed by atoms with Gasteiger partial charge in [0, 0.05) is 0 Å². The monoisotopic (exact) mass is 204 g/mol. The first kappa shape index (κ1) is 10.2. The molecule has 2 rings (SSSR count). The van der Waals surface area contributed by atoms with Crippen LogP contribution in [0.25, 0.3) is 0 Å². The van der Waals surface area contributed by atoms with Crippen LogP contribution in [0.1, 0.15) is 48.2 Å². The van der Waals surface area contributed by atoms with Crippen molar-refractivity contribution in [2.45, 2.75) is 39.7 Å². The molecule has 2 heteroatoms. The van der Waals surface area contributed by atoms with E-state index in [-0.39, 0.29) is 11.9 Å². The zero-order valence-corrected chi connectivity index (χ0v) is 9.63. The van der Waals surface area contributed by atoms with E-state index in [9.17, 15) is 4.79 Å². The Morgan fingerprint density at radius 1 is 1.33 bits per heavy atom. The molecule has 1 heterocycles.